The SMILES string of the molecule is N#Cc1cc(-n2cc(C(F)(F)F)c3c2CC(F)C3O)ccc1Cl. The van der Waals surface area contributed by atoms with Crippen molar-refractivity contribution in [2.24, 2.45) is 0 Å². The monoisotopic (exact) mass is 344 g/mol. The molecule has 2 aromatic rings. The highest BCUT2D eigenvalue weighted by Gasteiger charge is 2.44. The standard InChI is InChI=1S/C15H9ClF4N2O/c16-10-2-1-8(3-7(10)5-21)22-6-9(15(18,19)20)13-12(22)4-11(17)14(13)23/h1-3,6,11,14,23H,4H2. The number of nitrogens with zero attached hydrogens (tertiary/aromatic N) is 2. The maximum atomic E-state index is 13.7. The Bertz CT molecular complexity index is 822. The summed E-state index contributed by atoms with van der Waals surface area (Å²) in [6.07, 6.45) is -7.85. The molecule has 0 aliphatic heterocycles. The molecule has 23 heavy (non-hydrogen) atoms. The number of hydrogen-bond donors (Lipinski definition) is 1. The molecule has 0 amide bonds. The molecule has 0 saturated carbocycles. The zero-order valence-electron chi connectivity index (χ0n) is 11.4. The lowest BCUT2D eigenvalue weighted by molar-refractivity contribution is -0.139. The van der Waals surface area contributed by atoms with Gasteiger partial charge in [0.2, 0.25) is 0 Å². The van der Waals surface area contributed by atoms with Gasteiger partial charge in [-0.1, -0.05) is 11.6 Å². The highest BCUT2D eigenvalue weighted by molar-refractivity contribution is 6.31. The Balaban J connectivity index is 2.23. The molecule has 0 saturated heterocycles. The molecule has 1 aliphatic rings. The van der Waals surface area contributed by atoms with Crippen LogP contribution in [0.1, 0.15) is 28.5 Å². The lowest BCUT2D eigenvalue weighted by Crippen LogP contribution is -2.13. The van der Waals surface area contributed by atoms with E-state index < -0.39 is 29.6 Å². The zero-order chi connectivity index (χ0) is 16.9. The first-order chi connectivity index (χ1) is 10.7. The maximum Gasteiger partial charge on any atom is 0.418 e. The van der Waals surface area contributed by atoms with E-state index in [1.807, 2.05) is 6.07 Å². The number of alkyl halides is 4. The second-order valence-electron chi connectivity index (χ2n) is 5.21. The summed E-state index contributed by atoms with van der Waals surface area (Å²) < 4.78 is 54.3. The Morgan fingerprint density at radius 2 is 2.04 bits per heavy atom. The predicted octanol–water partition coefficient (Wildman–Crippen LogP) is 3.95. The Labute approximate surface area is 133 Å². The average Bonchev–Trinajstić information content (AvgIpc) is 2.98. The third-order valence-electron chi connectivity index (χ3n) is 3.83. The van der Waals surface area contributed by atoms with Crippen molar-refractivity contribution < 1.29 is 22.7 Å². The molecule has 1 aromatic carbocycles. The molecule has 2 atom stereocenters. The first-order valence-electron chi connectivity index (χ1n) is 6.57. The van der Waals surface area contributed by atoms with Crippen LogP contribution in [0.5, 0.6) is 0 Å². The van der Waals surface area contributed by atoms with E-state index in [4.69, 9.17) is 16.9 Å². The third kappa shape index (κ3) is 2.48. The minimum atomic E-state index is -4.72. The predicted molar refractivity (Wildman–Crippen MR) is 74.1 cm³/mol. The van der Waals surface area contributed by atoms with Crippen LogP contribution in [0.25, 0.3) is 5.69 Å². The summed E-state index contributed by atoms with van der Waals surface area (Å²) in [5, 5.41) is 18.9. The van der Waals surface area contributed by atoms with Crippen LogP contribution in [0, 0.1) is 11.3 Å². The number of benzene rings is 1. The fourth-order valence-electron chi connectivity index (χ4n) is 2.78. The number of aliphatic hydroxyl groups is 1. The summed E-state index contributed by atoms with van der Waals surface area (Å²) in [5.41, 5.74) is -1.13. The van der Waals surface area contributed by atoms with E-state index in [1.165, 1.54) is 18.2 Å². The highest BCUT2D eigenvalue weighted by atomic mass is 35.5. The molecule has 3 nitrogen and oxygen atoms in total. The molecule has 1 N–H and O–H groups in total. The van der Waals surface area contributed by atoms with E-state index in [0.717, 1.165) is 10.8 Å². The molecule has 3 rings (SSSR count). The number of halogens is 5. The van der Waals surface area contributed by atoms with Crippen molar-refractivity contribution in [1.82, 2.24) is 4.57 Å². The van der Waals surface area contributed by atoms with Crippen molar-refractivity contribution in [2.45, 2.75) is 24.9 Å². The van der Waals surface area contributed by atoms with Gasteiger partial charge in [-0.3, -0.25) is 0 Å². The number of aliphatic hydroxyl groups excluding tert-OH is 1. The molecule has 0 radical (unpaired) electrons. The van der Waals surface area contributed by atoms with E-state index >= 15 is 0 Å². The first-order valence-corrected chi connectivity index (χ1v) is 6.95. The van der Waals surface area contributed by atoms with Crippen molar-refractivity contribution in [2.75, 3.05) is 0 Å². The molecule has 0 bridgehead atoms. The summed E-state index contributed by atoms with van der Waals surface area (Å²) in [5.74, 6) is 0. The van der Waals surface area contributed by atoms with Gasteiger partial charge in [0.15, 0.2) is 0 Å². The summed E-state index contributed by atoms with van der Waals surface area (Å²) in [6.45, 7) is 0. The lowest BCUT2D eigenvalue weighted by atomic mass is 10.1. The first kappa shape index (κ1) is 15.8. The van der Waals surface area contributed by atoms with E-state index in [9.17, 15) is 22.7 Å². The van der Waals surface area contributed by atoms with Crippen LogP contribution in [0.4, 0.5) is 17.6 Å². The minimum absolute atomic E-state index is 0.0449. The highest BCUT2D eigenvalue weighted by Crippen LogP contribution is 2.44. The number of fused-ring (bicyclic) bond motifs is 1. The van der Waals surface area contributed by atoms with Gasteiger partial charge in [0.05, 0.1) is 16.1 Å². The molecule has 8 heteroatoms. The third-order valence-corrected chi connectivity index (χ3v) is 4.16. The summed E-state index contributed by atoms with van der Waals surface area (Å²) in [4.78, 5) is 0. The molecule has 0 spiro atoms. The van der Waals surface area contributed by atoms with Gasteiger partial charge in [0.25, 0.3) is 0 Å². The van der Waals surface area contributed by atoms with Gasteiger partial charge in [0, 0.05) is 29.6 Å². The van der Waals surface area contributed by atoms with Gasteiger partial charge >= 0.3 is 6.18 Å². The Kier molecular flexibility index (Phi) is 3.62. The number of rotatable bonds is 1. The number of nitriles is 1. The number of aromatic nitrogens is 1. The van der Waals surface area contributed by atoms with Crippen LogP contribution in [0.2, 0.25) is 5.02 Å². The second-order valence-corrected chi connectivity index (χ2v) is 5.62. The molecule has 2 unspecified atom stereocenters. The van der Waals surface area contributed by atoms with Crippen LogP contribution < -0.4 is 0 Å². The molecular weight excluding hydrogens is 336 g/mol. The van der Waals surface area contributed by atoms with Gasteiger partial charge in [0.1, 0.15) is 18.3 Å². The van der Waals surface area contributed by atoms with Gasteiger partial charge in [-0.05, 0) is 18.2 Å². The van der Waals surface area contributed by atoms with Crippen molar-refractivity contribution in [1.29, 1.82) is 5.26 Å². The molecule has 1 aromatic heterocycles. The van der Waals surface area contributed by atoms with Crippen LogP contribution in [0.15, 0.2) is 24.4 Å². The van der Waals surface area contributed by atoms with Crippen molar-refractivity contribution in [3.05, 3.63) is 51.8 Å². The molecule has 0 fully saturated rings. The van der Waals surface area contributed by atoms with Crippen molar-refractivity contribution in [3.63, 3.8) is 0 Å². The Morgan fingerprint density at radius 3 is 2.65 bits per heavy atom. The molecular formula is C15H9ClF4N2O. The van der Waals surface area contributed by atoms with Crippen LogP contribution >= 0.6 is 11.6 Å². The quantitative estimate of drug-likeness (QED) is 0.796. The van der Waals surface area contributed by atoms with Gasteiger partial charge in [-0.25, -0.2) is 4.39 Å². The smallest absolute Gasteiger partial charge is 0.385 e. The Morgan fingerprint density at radius 1 is 1.35 bits per heavy atom. The molecule has 1 heterocycles. The van der Waals surface area contributed by atoms with Crippen LogP contribution in [-0.2, 0) is 12.6 Å². The summed E-state index contributed by atoms with van der Waals surface area (Å²) in [7, 11) is 0. The molecule has 120 valence electrons. The van der Waals surface area contributed by atoms with E-state index in [1.54, 1.807) is 0 Å². The Hall–Kier alpha value is -2.04. The normalized spacial score (nSPS) is 20.4. The van der Waals surface area contributed by atoms with Gasteiger partial charge in [-0.2, -0.15) is 18.4 Å². The van der Waals surface area contributed by atoms with Crippen LogP contribution in [-0.4, -0.2) is 15.8 Å². The minimum Gasteiger partial charge on any atom is -0.385 e. The fourth-order valence-corrected chi connectivity index (χ4v) is 2.94. The second kappa shape index (κ2) is 5.25. The topological polar surface area (TPSA) is 49.0 Å². The largest absolute Gasteiger partial charge is 0.418 e. The van der Waals surface area contributed by atoms with Gasteiger partial charge in [-0.15, -0.1) is 0 Å². The maximum absolute atomic E-state index is 13.7. The fraction of sp³-hybridized carbons (Fsp3) is 0.267. The summed E-state index contributed by atoms with van der Waals surface area (Å²) >= 11 is 5.81. The summed E-state index contributed by atoms with van der Waals surface area (Å²) in [6, 6.07) is 5.97. The van der Waals surface area contributed by atoms with Gasteiger partial charge < -0.3 is 9.67 Å². The van der Waals surface area contributed by atoms with Crippen molar-refractivity contribution >= 4 is 11.6 Å². The average molecular weight is 345 g/mol. The van der Waals surface area contributed by atoms with E-state index in [2.05, 4.69) is 0 Å². The van der Waals surface area contributed by atoms with E-state index in [0.29, 0.717) is 0 Å². The lowest BCUT2D eigenvalue weighted by Gasteiger charge is -2.11. The number of hydrogen-bond acceptors (Lipinski definition) is 2. The molecule has 1 aliphatic carbocycles. The zero-order valence-corrected chi connectivity index (χ0v) is 12.2. The van der Waals surface area contributed by atoms with Crippen molar-refractivity contribution in [3.8, 4) is 11.8 Å². The van der Waals surface area contributed by atoms with Crippen LogP contribution in [0.3, 0.4) is 0 Å². The van der Waals surface area contributed by atoms with E-state index in [-0.39, 0.29) is 28.4 Å².